The number of ether oxygens (including phenoxy) is 1. The summed E-state index contributed by atoms with van der Waals surface area (Å²) in [6.07, 6.45) is 2.88. The van der Waals surface area contributed by atoms with Crippen LogP contribution in [0.4, 0.5) is 16.2 Å². The fourth-order valence-corrected chi connectivity index (χ4v) is 4.23. The van der Waals surface area contributed by atoms with Crippen LogP contribution in [0.1, 0.15) is 35.8 Å². The summed E-state index contributed by atoms with van der Waals surface area (Å²) in [5.74, 6) is -0.274. The Morgan fingerprint density at radius 3 is 2.45 bits per heavy atom. The summed E-state index contributed by atoms with van der Waals surface area (Å²) in [5.41, 5.74) is 3.31. The molecule has 1 atom stereocenters. The van der Waals surface area contributed by atoms with Crippen molar-refractivity contribution in [3.05, 3.63) is 96.3 Å². The third-order valence-corrected chi connectivity index (χ3v) is 5.73. The van der Waals surface area contributed by atoms with E-state index in [4.69, 9.17) is 4.74 Å². The van der Waals surface area contributed by atoms with Crippen LogP contribution in [0.5, 0.6) is 0 Å². The number of pyridine rings is 2. The topological polar surface area (TPSA) is 84.4 Å². The second-order valence-electron chi connectivity index (χ2n) is 8.39. The van der Waals surface area contributed by atoms with Gasteiger partial charge in [0.25, 0.3) is 5.91 Å². The molecule has 1 N–H and O–H groups in total. The number of carbonyl (C=O) groups excluding carboxylic acids is 2. The summed E-state index contributed by atoms with van der Waals surface area (Å²) < 4.78 is 5.68. The van der Waals surface area contributed by atoms with E-state index in [0.29, 0.717) is 28.0 Å². The number of nitrogens with zero attached hydrogens (tertiary/aromatic N) is 3. The first-order valence-electron chi connectivity index (χ1n) is 10.6. The van der Waals surface area contributed by atoms with E-state index in [0.717, 1.165) is 5.56 Å². The molecule has 3 heterocycles. The highest BCUT2D eigenvalue weighted by molar-refractivity contribution is 6.08. The fraction of sp³-hybridized carbons (Fsp3) is 0.154. The number of hydrogen-bond acceptors (Lipinski definition) is 5. The summed E-state index contributed by atoms with van der Waals surface area (Å²) in [6, 6.07) is 21.8. The highest BCUT2D eigenvalue weighted by Gasteiger charge is 2.49. The van der Waals surface area contributed by atoms with Crippen LogP contribution in [-0.4, -0.2) is 27.6 Å². The van der Waals surface area contributed by atoms with E-state index >= 15 is 0 Å². The maximum absolute atomic E-state index is 12.9. The molecule has 0 radical (unpaired) electrons. The number of nitrogens with one attached hydrogen (secondary N) is 1. The summed E-state index contributed by atoms with van der Waals surface area (Å²) in [4.78, 5) is 35.9. The molecule has 0 saturated carbocycles. The minimum Gasteiger partial charge on any atom is -0.441 e. The van der Waals surface area contributed by atoms with Gasteiger partial charge in [-0.1, -0.05) is 30.3 Å². The molecule has 7 nitrogen and oxygen atoms in total. The molecule has 1 saturated heterocycles. The van der Waals surface area contributed by atoms with Gasteiger partial charge in [0.1, 0.15) is 17.2 Å². The first kappa shape index (κ1) is 20.6. The second-order valence-corrected chi connectivity index (χ2v) is 8.39. The van der Waals surface area contributed by atoms with Crippen molar-refractivity contribution in [3.8, 4) is 0 Å². The Bertz CT molecular complexity index is 1330. The summed E-state index contributed by atoms with van der Waals surface area (Å²) in [5, 5.41) is 2.90. The Morgan fingerprint density at radius 1 is 0.939 bits per heavy atom. The van der Waals surface area contributed by atoms with Gasteiger partial charge >= 0.3 is 6.09 Å². The highest BCUT2D eigenvalue weighted by Crippen LogP contribution is 2.43. The molecule has 0 spiro atoms. The quantitative estimate of drug-likeness (QED) is 0.464. The number of amides is 2. The summed E-state index contributed by atoms with van der Waals surface area (Å²) >= 11 is 0. The zero-order valence-corrected chi connectivity index (χ0v) is 18.2. The predicted octanol–water partition coefficient (Wildman–Crippen LogP) is 5.36. The third kappa shape index (κ3) is 3.78. The third-order valence-electron chi connectivity index (χ3n) is 5.73. The zero-order chi connectivity index (χ0) is 23.0. The van der Waals surface area contributed by atoms with E-state index in [-0.39, 0.29) is 11.9 Å². The molecule has 0 aliphatic carbocycles. The summed E-state index contributed by atoms with van der Waals surface area (Å²) in [7, 11) is 0. The van der Waals surface area contributed by atoms with Crippen LogP contribution in [0.3, 0.4) is 0 Å². The van der Waals surface area contributed by atoms with Gasteiger partial charge in [-0.2, -0.15) is 0 Å². The molecule has 4 aromatic rings. The largest absolute Gasteiger partial charge is 0.441 e. The number of benzene rings is 2. The Morgan fingerprint density at radius 2 is 1.70 bits per heavy atom. The normalized spacial score (nSPS) is 17.1. The Kier molecular flexibility index (Phi) is 5.01. The van der Waals surface area contributed by atoms with Crippen molar-refractivity contribution in [1.82, 2.24) is 9.97 Å². The fourth-order valence-electron chi connectivity index (χ4n) is 4.23. The van der Waals surface area contributed by atoms with Crippen molar-refractivity contribution >= 4 is 34.4 Å². The Balaban J connectivity index is 1.42. The van der Waals surface area contributed by atoms with Crippen molar-refractivity contribution in [2.24, 2.45) is 0 Å². The van der Waals surface area contributed by atoms with Crippen molar-refractivity contribution in [3.63, 3.8) is 0 Å². The van der Waals surface area contributed by atoms with Gasteiger partial charge in [0.2, 0.25) is 0 Å². The van der Waals surface area contributed by atoms with Gasteiger partial charge in [-0.05, 0) is 61.9 Å². The molecule has 7 heteroatoms. The molecule has 2 aromatic heterocycles. The number of aromatic nitrogens is 2. The van der Waals surface area contributed by atoms with Gasteiger partial charge in [-0.25, -0.2) is 4.79 Å². The van der Waals surface area contributed by atoms with Crippen LogP contribution in [0.25, 0.3) is 11.0 Å². The molecule has 0 bridgehead atoms. The number of hydrogen-bond donors (Lipinski definition) is 1. The Labute approximate surface area is 191 Å². The first-order valence-corrected chi connectivity index (χ1v) is 10.6. The standard InChI is InChI=1S/C26H22N4O3/c1-26(2)23(17-7-4-3-5-8-17)30(25(32)33-26)19-12-10-18(11-13-19)24(31)29-21-14-16-27-20-9-6-15-28-22(20)21/h3-16,23H,1-2H3,(H,27,29,31). The lowest BCUT2D eigenvalue weighted by Crippen LogP contribution is -2.33. The van der Waals surface area contributed by atoms with Gasteiger partial charge in [0, 0.05) is 23.6 Å². The van der Waals surface area contributed by atoms with Gasteiger partial charge in [-0.3, -0.25) is 19.7 Å². The van der Waals surface area contributed by atoms with Crippen LogP contribution in [0, 0.1) is 0 Å². The molecular weight excluding hydrogens is 416 g/mol. The minimum atomic E-state index is -0.704. The molecule has 1 unspecified atom stereocenters. The first-order chi connectivity index (χ1) is 15.9. The van der Waals surface area contributed by atoms with E-state index in [9.17, 15) is 9.59 Å². The number of rotatable bonds is 4. The van der Waals surface area contributed by atoms with E-state index in [1.807, 2.05) is 50.2 Å². The van der Waals surface area contributed by atoms with Crippen LogP contribution < -0.4 is 10.2 Å². The van der Waals surface area contributed by atoms with Crippen LogP contribution in [0.2, 0.25) is 0 Å². The lowest BCUT2D eigenvalue weighted by Gasteiger charge is -2.29. The van der Waals surface area contributed by atoms with E-state index in [1.54, 1.807) is 53.7 Å². The SMILES string of the molecule is CC1(C)OC(=O)N(c2ccc(C(=O)Nc3ccnc4cccnc34)cc2)C1c1ccccc1. The van der Waals surface area contributed by atoms with Crippen LogP contribution in [0.15, 0.2) is 85.2 Å². The van der Waals surface area contributed by atoms with Gasteiger partial charge < -0.3 is 10.1 Å². The number of cyclic esters (lactones) is 1. The van der Waals surface area contributed by atoms with Gasteiger partial charge in [0.05, 0.1) is 11.2 Å². The van der Waals surface area contributed by atoms with E-state index in [1.165, 1.54) is 0 Å². The van der Waals surface area contributed by atoms with Crippen LogP contribution >= 0.6 is 0 Å². The number of carbonyl (C=O) groups is 2. The number of fused-ring (bicyclic) bond motifs is 1. The summed E-state index contributed by atoms with van der Waals surface area (Å²) in [6.45, 7) is 3.80. The molecule has 2 aromatic carbocycles. The molecule has 2 amide bonds. The average Bonchev–Trinajstić information content (AvgIpc) is 3.08. The van der Waals surface area contributed by atoms with E-state index < -0.39 is 11.7 Å². The lowest BCUT2D eigenvalue weighted by atomic mass is 9.91. The van der Waals surface area contributed by atoms with Crippen molar-refractivity contribution < 1.29 is 14.3 Å². The van der Waals surface area contributed by atoms with Gasteiger partial charge in [0.15, 0.2) is 0 Å². The van der Waals surface area contributed by atoms with Crippen LogP contribution in [-0.2, 0) is 4.74 Å². The lowest BCUT2D eigenvalue weighted by molar-refractivity contribution is 0.0685. The average molecular weight is 438 g/mol. The predicted molar refractivity (Wildman–Crippen MR) is 126 cm³/mol. The molecule has 5 rings (SSSR count). The molecule has 33 heavy (non-hydrogen) atoms. The van der Waals surface area contributed by atoms with Gasteiger partial charge in [-0.15, -0.1) is 0 Å². The van der Waals surface area contributed by atoms with Crippen molar-refractivity contribution in [2.45, 2.75) is 25.5 Å². The maximum Gasteiger partial charge on any atom is 0.415 e. The zero-order valence-electron chi connectivity index (χ0n) is 18.2. The van der Waals surface area contributed by atoms with Crippen molar-refractivity contribution in [2.75, 3.05) is 10.2 Å². The monoisotopic (exact) mass is 438 g/mol. The molecular formula is C26H22N4O3. The highest BCUT2D eigenvalue weighted by atomic mass is 16.6. The molecule has 1 aliphatic rings. The molecule has 1 fully saturated rings. The van der Waals surface area contributed by atoms with Crippen molar-refractivity contribution in [1.29, 1.82) is 0 Å². The number of anilines is 2. The maximum atomic E-state index is 12.9. The Hall–Kier alpha value is -4.26. The smallest absolute Gasteiger partial charge is 0.415 e. The molecule has 1 aliphatic heterocycles. The second kappa shape index (κ2) is 8.02. The molecule has 164 valence electrons. The van der Waals surface area contributed by atoms with E-state index in [2.05, 4.69) is 15.3 Å². The minimum absolute atomic E-state index is 0.274.